The highest BCUT2D eigenvalue weighted by molar-refractivity contribution is 5.77. The van der Waals surface area contributed by atoms with Crippen LogP contribution in [-0.2, 0) is 24.4 Å². The van der Waals surface area contributed by atoms with Gasteiger partial charge in [0.05, 0.1) is 12.9 Å². The van der Waals surface area contributed by atoms with Crippen molar-refractivity contribution in [1.29, 1.82) is 0 Å². The number of hydrogen-bond acceptors (Lipinski definition) is 4. The second kappa shape index (κ2) is 10.2. The van der Waals surface area contributed by atoms with Gasteiger partial charge in [-0.3, -0.25) is 14.2 Å². The molecule has 1 N–H and O–H groups in total. The molecular formula is C25H33N5O3. The molecule has 0 saturated heterocycles. The summed E-state index contributed by atoms with van der Waals surface area (Å²) >= 11 is 0. The lowest BCUT2D eigenvalue weighted by atomic mass is 10.1. The van der Waals surface area contributed by atoms with Gasteiger partial charge in [-0.15, -0.1) is 0 Å². The fourth-order valence-corrected chi connectivity index (χ4v) is 4.66. The van der Waals surface area contributed by atoms with E-state index in [2.05, 4.69) is 24.1 Å². The third-order valence-corrected chi connectivity index (χ3v) is 6.25. The Morgan fingerprint density at radius 1 is 1.06 bits per heavy atom. The SMILES string of the molecule is CC(C)Cn1cnc2c1c(=O)n(CC(=O)NC1CCCCCC1)c(=O)n2Cc1ccccc1. The Morgan fingerprint density at radius 2 is 1.76 bits per heavy atom. The minimum Gasteiger partial charge on any atom is -0.352 e. The first-order chi connectivity index (χ1) is 15.9. The second-order valence-corrected chi connectivity index (χ2v) is 9.46. The van der Waals surface area contributed by atoms with Crippen LogP contribution >= 0.6 is 0 Å². The highest BCUT2D eigenvalue weighted by Gasteiger charge is 2.21. The molecule has 1 fully saturated rings. The van der Waals surface area contributed by atoms with E-state index in [0.29, 0.717) is 23.6 Å². The van der Waals surface area contributed by atoms with E-state index in [9.17, 15) is 14.4 Å². The predicted octanol–water partition coefficient (Wildman–Crippen LogP) is 2.90. The van der Waals surface area contributed by atoms with Crippen LogP contribution < -0.4 is 16.6 Å². The van der Waals surface area contributed by atoms with Gasteiger partial charge in [-0.2, -0.15) is 0 Å². The summed E-state index contributed by atoms with van der Waals surface area (Å²) in [7, 11) is 0. The van der Waals surface area contributed by atoms with E-state index in [4.69, 9.17) is 0 Å². The number of hydrogen-bond donors (Lipinski definition) is 1. The van der Waals surface area contributed by atoms with Crippen molar-refractivity contribution in [2.75, 3.05) is 0 Å². The molecule has 1 amide bonds. The van der Waals surface area contributed by atoms with Crippen molar-refractivity contribution in [2.24, 2.45) is 5.92 Å². The second-order valence-electron chi connectivity index (χ2n) is 9.46. The van der Waals surface area contributed by atoms with Crippen LogP contribution in [0.2, 0.25) is 0 Å². The molecule has 1 saturated carbocycles. The Kier molecular flexibility index (Phi) is 7.11. The number of aromatic nitrogens is 4. The molecule has 1 aliphatic rings. The number of nitrogens with zero attached hydrogens (tertiary/aromatic N) is 4. The fourth-order valence-electron chi connectivity index (χ4n) is 4.66. The molecule has 4 rings (SSSR count). The van der Waals surface area contributed by atoms with Gasteiger partial charge in [0.25, 0.3) is 5.56 Å². The highest BCUT2D eigenvalue weighted by atomic mass is 16.2. The van der Waals surface area contributed by atoms with Crippen LogP contribution in [0.1, 0.15) is 57.9 Å². The van der Waals surface area contributed by atoms with E-state index in [1.807, 2.05) is 30.3 Å². The standard InChI is InChI=1S/C25H33N5O3/c1-18(2)14-28-17-26-23-22(28)24(32)30(16-21(31)27-20-12-8-3-4-9-13-20)25(33)29(23)15-19-10-6-5-7-11-19/h5-7,10-11,17-18,20H,3-4,8-9,12-16H2,1-2H3,(H,27,31). The van der Waals surface area contributed by atoms with E-state index in [0.717, 1.165) is 35.8 Å². The minimum absolute atomic E-state index is 0.109. The number of amides is 1. The summed E-state index contributed by atoms with van der Waals surface area (Å²) < 4.78 is 4.36. The van der Waals surface area contributed by atoms with E-state index in [1.165, 1.54) is 17.4 Å². The fraction of sp³-hybridized carbons (Fsp3) is 0.520. The number of rotatable bonds is 7. The number of carbonyl (C=O) groups is 1. The van der Waals surface area contributed by atoms with Crippen LogP contribution in [0.4, 0.5) is 0 Å². The maximum Gasteiger partial charge on any atom is 0.333 e. The van der Waals surface area contributed by atoms with Gasteiger partial charge in [-0.25, -0.2) is 14.3 Å². The number of benzene rings is 1. The van der Waals surface area contributed by atoms with Crippen molar-refractivity contribution >= 4 is 17.1 Å². The van der Waals surface area contributed by atoms with Crippen LogP contribution in [0, 0.1) is 5.92 Å². The number of imidazole rings is 1. The first kappa shape index (κ1) is 23.0. The first-order valence-electron chi connectivity index (χ1n) is 12.0. The zero-order valence-corrected chi connectivity index (χ0v) is 19.5. The van der Waals surface area contributed by atoms with E-state index < -0.39 is 11.2 Å². The zero-order chi connectivity index (χ0) is 23.4. The largest absolute Gasteiger partial charge is 0.352 e. The van der Waals surface area contributed by atoms with Crippen molar-refractivity contribution in [3.63, 3.8) is 0 Å². The monoisotopic (exact) mass is 451 g/mol. The molecule has 176 valence electrons. The Morgan fingerprint density at radius 3 is 2.42 bits per heavy atom. The average molecular weight is 452 g/mol. The van der Waals surface area contributed by atoms with Gasteiger partial charge in [0, 0.05) is 12.6 Å². The Hall–Kier alpha value is -3.16. The number of fused-ring (bicyclic) bond motifs is 1. The molecule has 8 nitrogen and oxygen atoms in total. The smallest absolute Gasteiger partial charge is 0.333 e. The molecule has 0 radical (unpaired) electrons. The van der Waals surface area contributed by atoms with Crippen LogP contribution in [0.25, 0.3) is 11.2 Å². The van der Waals surface area contributed by atoms with E-state index in [1.54, 1.807) is 10.9 Å². The molecule has 3 aromatic rings. The molecule has 2 heterocycles. The normalized spacial score (nSPS) is 15.1. The molecule has 0 bridgehead atoms. The Balaban J connectivity index is 1.73. The maximum absolute atomic E-state index is 13.4. The van der Waals surface area contributed by atoms with Crippen LogP contribution in [0.5, 0.6) is 0 Å². The molecule has 33 heavy (non-hydrogen) atoms. The van der Waals surface area contributed by atoms with Crippen molar-refractivity contribution in [3.8, 4) is 0 Å². The van der Waals surface area contributed by atoms with Gasteiger partial charge in [-0.1, -0.05) is 69.9 Å². The molecule has 0 atom stereocenters. The number of nitrogens with one attached hydrogen (secondary N) is 1. The van der Waals surface area contributed by atoms with Gasteiger partial charge in [0.1, 0.15) is 6.54 Å². The average Bonchev–Trinajstić information content (AvgIpc) is 3.02. The molecule has 0 spiro atoms. The summed E-state index contributed by atoms with van der Waals surface area (Å²) in [5.41, 5.74) is 0.666. The summed E-state index contributed by atoms with van der Waals surface area (Å²) in [4.78, 5) is 44.1. The molecule has 1 aromatic carbocycles. The van der Waals surface area contributed by atoms with Crippen LogP contribution in [0.3, 0.4) is 0 Å². The Labute approximate surface area is 193 Å². The van der Waals surface area contributed by atoms with Gasteiger partial charge in [0.15, 0.2) is 11.2 Å². The van der Waals surface area contributed by atoms with Gasteiger partial charge in [0.2, 0.25) is 5.91 Å². The molecular weight excluding hydrogens is 418 g/mol. The van der Waals surface area contributed by atoms with Crippen molar-refractivity contribution in [3.05, 3.63) is 63.1 Å². The van der Waals surface area contributed by atoms with Crippen LogP contribution in [-0.4, -0.2) is 30.6 Å². The molecule has 2 aromatic heterocycles. The van der Waals surface area contributed by atoms with Crippen LogP contribution in [0.15, 0.2) is 46.2 Å². The first-order valence-corrected chi connectivity index (χ1v) is 12.0. The minimum atomic E-state index is -0.512. The van der Waals surface area contributed by atoms with Gasteiger partial charge < -0.3 is 9.88 Å². The van der Waals surface area contributed by atoms with E-state index >= 15 is 0 Å². The molecule has 0 unspecified atom stereocenters. The lowest BCUT2D eigenvalue weighted by Crippen LogP contribution is -2.46. The summed E-state index contributed by atoms with van der Waals surface area (Å²) in [6, 6.07) is 9.70. The summed E-state index contributed by atoms with van der Waals surface area (Å²) in [6.07, 6.45) is 8.06. The molecule has 1 aliphatic carbocycles. The maximum atomic E-state index is 13.4. The Bertz CT molecular complexity index is 1210. The van der Waals surface area contributed by atoms with E-state index in [-0.39, 0.29) is 25.0 Å². The summed E-state index contributed by atoms with van der Waals surface area (Å²) in [5.74, 6) is 0.00456. The summed E-state index contributed by atoms with van der Waals surface area (Å²) in [6.45, 7) is 4.71. The highest BCUT2D eigenvalue weighted by Crippen LogP contribution is 2.17. The third-order valence-electron chi connectivity index (χ3n) is 6.25. The van der Waals surface area contributed by atoms with Gasteiger partial charge in [-0.05, 0) is 24.3 Å². The lowest BCUT2D eigenvalue weighted by Gasteiger charge is -2.17. The zero-order valence-electron chi connectivity index (χ0n) is 19.5. The topological polar surface area (TPSA) is 90.9 Å². The quantitative estimate of drug-likeness (QED) is 0.559. The van der Waals surface area contributed by atoms with Gasteiger partial charge >= 0.3 is 5.69 Å². The molecule has 0 aliphatic heterocycles. The van der Waals surface area contributed by atoms with Crippen molar-refractivity contribution in [1.82, 2.24) is 24.0 Å². The van der Waals surface area contributed by atoms with Crippen molar-refractivity contribution in [2.45, 2.75) is 78.0 Å². The predicted molar refractivity (Wildman–Crippen MR) is 128 cm³/mol. The third kappa shape index (κ3) is 5.26. The summed E-state index contributed by atoms with van der Waals surface area (Å²) in [5, 5.41) is 3.05. The van der Waals surface area contributed by atoms with Crippen molar-refractivity contribution < 1.29 is 4.79 Å². The number of carbonyl (C=O) groups excluding carboxylic acids is 1. The molecule has 8 heteroatoms. The lowest BCUT2D eigenvalue weighted by molar-refractivity contribution is -0.122.